The highest BCUT2D eigenvalue weighted by atomic mass is 16.6. The molecule has 1 N–H and O–H groups in total. The Morgan fingerprint density at radius 3 is 1.44 bits per heavy atom. The number of hydrogen-bond donors (Lipinski definition) is 1. The van der Waals surface area contributed by atoms with E-state index in [9.17, 15) is 9.59 Å². The highest BCUT2D eigenvalue weighted by Gasteiger charge is 2.47. The van der Waals surface area contributed by atoms with Gasteiger partial charge in [0, 0.05) is 16.8 Å². The molecule has 5 rings (SSSR count). The van der Waals surface area contributed by atoms with Crippen molar-refractivity contribution in [1.29, 1.82) is 0 Å². The minimum Gasteiger partial charge on any atom is -0.438 e. The van der Waals surface area contributed by atoms with Gasteiger partial charge in [0.1, 0.15) is 5.92 Å². The average molecular weight is 512 g/mol. The van der Waals surface area contributed by atoms with Crippen LogP contribution in [0, 0.1) is 6.92 Å². The lowest BCUT2D eigenvalue weighted by Gasteiger charge is -2.34. The van der Waals surface area contributed by atoms with E-state index in [0.717, 1.165) is 16.7 Å². The number of rotatable bonds is 8. The molecule has 0 saturated carbocycles. The second kappa shape index (κ2) is 11.6. The van der Waals surface area contributed by atoms with Crippen LogP contribution in [0.4, 0.5) is 5.69 Å². The van der Waals surface area contributed by atoms with Crippen molar-refractivity contribution < 1.29 is 14.3 Å². The van der Waals surface area contributed by atoms with Crippen molar-refractivity contribution >= 4 is 17.6 Å². The summed E-state index contributed by atoms with van der Waals surface area (Å²) in [6.07, 6.45) is 0. The monoisotopic (exact) mass is 511 g/mol. The second-order valence-corrected chi connectivity index (χ2v) is 9.41. The minimum absolute atomic E-state index is 0.461. The van der Waals surface area contributed by atoms with E-state index in [1.54, 1.807) is 0 Å². The van der Waals surface area contributed by atoms with Gasteiger partial charge in [0.05, 0.1) is 0 Å². The first-order chi connectivity index (χ1) is 19.1. The number of ether oxygens (including phenoxy) is 1. The first-order valence-electron chi connectivity index (χ1n) is 12.9. The zero-order valence-corrected chi connectivity index (χ0v) is 21.7. The van der Waals surface area contributed by atoms with Gasteiger partial charge in [0.15, 0.2) is 0 Å². The third-order valence-corrected chi connectivity index (χ3v) is 6.75. The molecule has 5 aromatic carbocycles. The van der Waals surface area contributed by atoms with Crippen molar-refractivity contribution in [3.63, 3.8) is 0 Å². The molecule has 4 heteroatoms. The summed E-state index contributed by atoms with van der Waals surface area (Å²) in [7, 11) is 0. The average Bonchev–Trinajstić information content (AvgIpc) is 2.99. The van der Waals surface area contributed by atoms with Gasteiger partial charge in [-0.2, -0.15) is 0 Å². The first kappa shape index (κ1) is 25.7. The van der Waals surface area contributed by atoms with Crippen LogP contribution in [-0.2, 0) is 19.9 Å². The van der Waals surface area contributed by atoms with Crippen LogP contribution in [0.5, 0.6) is 0 Å². The topological polar surface area (TPSA) is 55.4 Å². The van der Waals surface area contributed by atoms with E-state index in [1.165, 1.54) is 0 Å². The van der Waals surface area contributed by atoms with E-state index in [0.29, 0.717) is 16.8 Å². The van der Waals surface area contributed by atoms with Crippen LogP contribution in [-0.4, -0.2) is 11.9 Å². The number of carbonyl (C=O) groups excluding carboxylic acids is 2. The second-order valence-electron chi connectivity index (χ2n) is 9.41. The molecule has 0 aliphatic heterocycles. The summed E-state index contributed by atoms with van der Waals surface area (Å²) in [5, 5.41) is 3.01. The van der Waals surface area contributed by atoms with Gasteiger partial charge in [-0.1, -0.05) is 139 Å². The molecule has 1 amide bonds. The number of carbonyl (C=O) groups is 2. The van der Waals surface area contributed by atoms with Crippen molar-refractivity contribution in [2.45, 2.75) is 18.4 Å². The molecule has 4 nitrogen and oxygen atoms in total. The van der Waals surface area contributed by atoms with Crippen LogP contribution in [0.25, 0.3) is 0 Å². The Morgan fingerprint density at radius 2 is 1.00 bits per heavy atom. The smallest absolute Gasteiger partial charge is 0.319 e. The Balaban J connectivity index is 1.66. The van der Waals surface area contributed by atoms with Gasteiger partial charge in [-0.25, -0.2) is 0 Å². The quantitative estimate of drug-likeness (QED) is 0.223. The number of benzene rings is 5. The fraction of sp³-hybridized carbons (Fsp3) is 0.0857. The fourth-order valence-corrected chi connectivity index (χ4v) is 4.76. The third-order valence-electron chi connectivity index (χ3n) is 6.75. The summed E-state index contributed by atoms with van der Waals surface area (Å²) in [5.74, 6) is -1.72. The lowest BCUT2D eigenvalue weighted by Crippen LogP contribution is -2.46. The first-order valence-corrected chi connectivity index (χ1v) is 12.9. The largest absolute Gasteiger partial charge is 0.438 e. The van der Waals surface area contributed by atoms with Crippen molar-refractivity contribution in [2.24, 2.45) is 0 Å². The van der Waals surface area contributed by atoms with E-state index in [2.05, 4.69) is 5.32 Å². The van der Waals surface area contributed by atoms with Crippen LogP contribution < -0.4 is 5.32 Å². The number of aryl methyl sites for hydroxylation is 1. The summed E-state index contributed by atoms with van der Waals surface area (Å²) in [6, 6.07) is 44.9. The lowest BCUT2D eigenvalue weighted by atomic mass is 9.84. The van der Waals surface area contributed by atoms with Crippen LogP contribution in [0.3, 0.4) is 0 Å². The lowest BCUT2D eigenvalue weighted by molar-refractivity contribution is -0.164. The molecule has 0 bridgehead atoms. The van der Waals surface area contributed by atoms with E-state index < -0.39 is 23.4 Å². The zero-order valence-electron chi connectivity index (χ0n) is 21.7. The van der Waals surface area contributed by atoms with Gasteiger partial charge >= 0.3 is 5.97 Å². The van der Waals surface area contributed by atoms with Crippen LogP contribution >= 0.6 is 0 Å². The van der Waals surface area contributed by atoms with E-state index in [4.69, 9.17) is 4.74 Å². The van der Waals surface area contributed by atoms with E-state index in [1.807, 2.05) is 153 Å². The summed E-state index contributed by atoms with van der Waals surface area (Å²) in [5.41, 5.74) is 2.60. The highest BCUT2D eigenvalue weighted by molar-refractivity contribution is 6.02. The number of esters is 1. The van der Waals surface area contributed by atoms with Crippen molar-refractivity contribution in [2.75, 3.05) is 5.32 Å². The van der Waals surface area contributed by atoms with Gasteiger partial charge in [-0.05, 0) is 30.2 Å². The Hall–Kier alpha value is -4.96. The molecule has 5 aromatic rings. The highest BCUT2D eigenvalue weighted by Crippen LogP contribution is 2.38. The molecule has 0 aliphatic carbocycles. The molecule has 0 aliphatic rings. The Labute approximate surface area is 228 Å². The number of nitrogens with one attached hydrogen (secondary N) is 1. The molecule has 0 radical (unpaired) electrons. The Morgan fingerprint density at radius 1 is 0.590 bits per heavy atom. The molecule has 0 spiro atoms. The molecule has 39 heavy (non-hydrogen) atoms. The predicted octanol–water partition coefficient (Wildman–Crippen LogP) is 7.25. The summed E-state index contributed by atoms with van der Waals surface area (Å²) < 4.78 is 6.49. The molecule has 0 aromatic heterocycles. The third kappa shape index (κ3) is 5.51. The number of anilines is 1. The number of hydrogen-bond acceptors (Lipinski definition) is 3. The maximum absolute atomic E-state index is 14.4. The van der Waals surface area contributed by atoms with E-state index >= 15 is 0 Å². The van der Waals surface area contributed by atoms with Crippen molar-refractivity contribution in [1.82, 2.24) is 0 Å². The van der Waals surface area contributed by atoms with Gasteiger partial charge < -0.3 is 10.1 Å². The Bertz CT molecular complexity index is 1440. The predicted molar refractivity (Wildman–Crippen MR) is 154 cm³/mol. The summed E-state index contributed by atoms with van der Waals surface area (Å²) in [4.78, 5) is 28.7. The maximum Gasteiger partial charge on any atom is 0.319 e. The molecule has 0 heterocycles. The molecule has 0 unspecified atom stereocenters. The van der Waals surface area contributed by atoms with Crippen molar-refractivity contribution in [3.8, 4) is 0 Å². The maximum atomic E-state index is 14.4. The van der Waals surface area contributed by atoms with Gasteiger partial charge in [0.2, 0.25) is 5.60 Å². The molecular weight excluding hydrogens is 482 g/mol. The minimum atomic E-state index is -1.74. The summed E-state index contributed by atoms with van der Waals surface area (Å²) >= 11 is 0. The number of amides is 1. The normalized spacial score (nSPS) is 11.1. The van der Waals surface area contributed by atoms with E-state index in [-0.39, 0.29) is 0 Å². The van der Waals surface area contributed by atoms with Gasteiger partial charge in [0.25, 0.3) is 5.91 Å². The molecule has 0 fully saturated rings. The standard InChI is InChI=1S/C35H29NO3/c1-26-22-24-31(25-23-26)36-34(38)35(29-18-10-4-11-19-29,30-20-12-5-13-21-30)39-33(37)32(27-14-6-2-7-15-27)28-16-8-3-9-17-28/h2-25,32H,1H3,(H,36,38). The molecule has 0 saturated heterocycles. The summed E-state index contributed by atoms with van der Waals surface area (Å²) in [6.45, 7) is 1.99. The molecule has 0 atom stereocenters. The molecular formula is C35H29NO3. The van der Waals surface area contributed by atoms with Crippen LogP contribution in [0.1, 0.15) is 33.7 Å². The van der Waals surface area contributed by atoms with Crippen molar-refractivity contribution in [3.05, 3.63) is 173 Å². The SMILES string of the molecule is Cc1ccc(NC(=O)C(OC(=O)C(c2ccccc2)c2ccccc2)(c2ccccc2)c2ccccc2)cc1. The fourth-order valence-electron chi connectivity index (χ4n) is 4.76. The van der Waals surface area contributed by atoms with Crippen LogP contribution in [0.15, 0.2) is 146 Å². The van der Waals surface area contributed by atoms with Gasteiger partial charge in [-0.15, -0.1) is 0 Å². The van der Waals surface area contributed by atoms with Gasteiger partial charge in [-0.3, -0.25) is 9.59 Å². The Kier molecular flexibility index (Phi) is 7.65. The zero-order chi connectivity index (χ0) is 27.1. The van der Waals surface area contributed by atoms with Crippen LogP contribution in [0.2, 0.25) is 0 Å². The molecule has 192 valence electrons.